The van der Waals surface area contributed by atoms with Crippen LogP contribution < -0.4 is 10.6 Å². The Kier molecular flexibility index (Phi) is 10.1. The minimum absolute atomic E-state index is 0.0828. The number of carbonyl (C=O) groups excluding carboxylic acids is 3. The van der Waals surface area contributed by atoms with E-state index in [9.17, 15) is 14.4 Å². The van der Waals surface area contributed by atoms with Crippen LogP contribution in [0, 0.1) is 6.92 Å². The molecule has 0 spiro atoms. The third-order valence-electron chi connectivity index (χ3n) is 5.70. The summed E-state index contributed by atoms with van der Waals surface area (Å²) in [5.74, 6) is -0.488. The van der Waals surface area contributed by atoms with Gasteiger partial charge in [-0.1, -0.05) is 49.1 Å². The molecule has 0 aliphatic heterocycles. The maximum absolute atomic E-state index is 13.5. The van der Waals surface area contributed by atoms with Gasteiger partial charge < -0.3 is 20.3 Å². The molecule has 2 rings (SSSR count). The molecule has 2 atom stereocenters. The van der Waals surface area contributed by atoms with Gasteiger partial charge in [0.25, 0.3) is 0 Å². The van der Waals surface area contributed by atoms with Crippen molar-refractivity contribution in [1.29, 1.82) is 0 Å². The van der Waals surface area contributed by atoms with Crippen LogP contribution in [0.3, 0.4) is 0 Å². The van der Waals surface area contributed by atoms with Crippen LogP contribution in [0.1, 0.15) is 77.0 Å². The van der Waals surface area contributed by atoms with Gasteiger partial charge in [0.15, 0.2) is 0 Å². The summed E-state index contributed by atoms with van der Waals surface area (Å²) in [5, 5.41) is 5.78. The van der Waals surface area contributed by atoms with Gasteiger partial charge in [-0.2, -0.15) is 12.6 Å². The molecule has 8 heteroatoms. The number of alkyl carbamates (subject to hydrolysis) is 1. The number of nitrogens with zero attached hydrogens (tertiary/aromatic N) is 1. The van der Waals surface area contributed by atoms with Crippen LogP contribution in [-0.4, -0.2) is 52.8 Å². The van der Waals surface area contributed by atoms with Crippen molar-refractivity contribution in [2.45, 2.75) is 90.4 Å². The number of amides is 3. The Hall–Kier alpha value is -2.22. The van der Waals surface area contributed by atoms with E-state index < -0.39 is 23.8 Å². The lowest BCUT2D eigenvalue weighted by Crippen LogP contribution is -2.54. The molecule has 2 unspecified atom stereocenters. The summed E-state index contributed by atoms with van der Waals surface area (Å²) in [7, 11) is 0. The van der Waals surface area contributed by atoms with Crippen molar-refractivity contribution in [3.05, 3.63) is 35.4 Å². The molecular weight excluding hydrogens is 438 g/mol. The van der Waals surface area contributed by atoms with Crippen LogP contribution in [0.25, 0.3) is 0 Å². The van der Waals surface area contributed by atoms with Gasteiger partial charge in [0.2, 0.25) is 11.8 Å². The quantitative estimate of drug-likeness (QED) is 0.491. The van der Waals surface area contributed by atoms with E-state index in [1.807, 2.05) is 38.1 Å². The molecule has 0 bridgehead atoms. The zero-order valence-electron chi connectivity index (χ0n) is 20.5. The first-order valence-corrected chi connectivity index (χ1v) is 12.5. The normalized spacial score (nSPS) is 16.4. The van der Waals surface area contributed by atoms with Crippen molar-refractivity contribution in [1.82, 2.24) is 15.5 Å². The van der Waals surface area contributed by atoms with E-state index in [0.717, 1.165) is 36.8 Å². The van der Waals surface area contributed by atoms with Gasteiger partial charge in [-0.25, -0.2) is 4.79 Å². The molecule has 1 aliphatic carbocycles. The van der Waals surface area contributed by atoms with Gasteiger partial charge in [0, 0.05) is 18.3 Å². The van der Waals surface area contributed by atoms with Crippen LogP contribution in [0.5, 0.6) is 0 Å². The summed E-state index contributed by atoms with van der Waals surface area (Å²) >= 11 is 4.28. The molecule has 1 aliphatic rings. The van der Waals surface area contributed by atoms with Gasteiger partial charge >= 0.3 is 6.09 Å². The lowest BCUT2D eigenvalue weighted by molar-refractivity contribution is -0.142. The van der Waals surface area contributed by atoms with Gasteiger partial charge in [-0.15, -0.1) is 0 Å². The van der Waals surface area contributed by atoms with E-state index in [1.54, 1.807) is 20.8 Å². The Bertz CT molecular complexity index is 801. The molecule has 0 saturated heterocycles. The largest absolute Gasteiger partial charge is 0.444 e. The van der Waals surface area contributed by atoms with E-state index in [4.69, 9.17) is 4.74 Å². The fourth-order valence-corrected chi connectivity index (χ4v) is 4.30. The van der Waals surface area contributed by atoms with Crippen molar-refractivity contribution < 1.29 is 19.1 Å². The molecule has 0 aromatic heterocycles. The highest BCUT2D eigenvalue weighted by molar-refractivity contribution is 7.80. The topological polar surface area (TPSA) is 87.7 Å². The number of hydrogen-bond acceptors (Lipinski definition) is 5. The fourth-order valence-electron chi connectivity index (χ4n) is 4.05. The molecule has 2 N–H and O–H groups in total. The Morgan fingerprint density at radius 2 is 1.73 bits per heavy atom. The van der Waals surface area contributed by atoms with Crippen molar-refractivity contribution in [2.24, 2.45) is 0 Å². The molecule has 1 aromatic carbocycles. The monoisotopic (exact) mass is 477 g/mol. The number of ether oxygens (including phenoxy) is 1. The van der Waals surface area contributed by atoms with Crippen molar-refractivity contribution >= 4 is 30.5 Å². The molecule has 0 heterocycles. The second-order valence-electron chi connectivity index (χ2n) is 9.66. The molecular formula is C25H39N3O4S. The first-order valence-electron chi connectivity index (χ1n) is 11.8. The predicted octanol–water partition coefficient (Wildman–Crippen LogP) is 4.16. The summed E-state index contributed by atoms with van der Waals surface area (Å²) < 4.78 is 5.31. The Labute approximate surface area is 203 Å². The number of carbonyl (C=O) groups is 3. The van der Waals surface area contributed by atoms with Gasteiger partial charge in [0.05, 0.1) is 0 Å². The fraction of sp³-hybridized carbons (Fsp3) is 0.640. The zero-order chi connectivity index (χ0) is 24.6. The van der Waals surface area contributed by atoms with E-state index >= 15 is 0 Å². The van der Waals surface area contributed by atoms with Crippen LogP contribution in [0.4, 0.5) is 4.79 Å². The molecule has 1 fully saturated rings. The molecule has 33 heavy (non-hydrogen) atoms. The molecule has 0 radical (unpaired) electrons. The van der Waals surface area contributed by atoms with Gasteiger partial charge in [0.1, 0.15) is 17.7 Å². The second kappa shape index (κ2) is 12.3. The second-order valence-corrected chi connectivity index (χ2v) is 10.0. The standard InChI is InChI=1S/C25H39N3O4S/c1-6-28(23(30)20(16-33)27-24(31)32-25(3,4)5)21(18-14-12-17(2)13-15-18)22(29)26-19-10-8-7-9-11-19/h12-15,19-21,33H,6-11,16H2,1-5H3,(H,26,29)(H,27,31). The summed E-state index contributed by atoms with van der Waals surface area (Å²) in [6.07, 6.45) is 4.59. The van der Waals surface area contributed by atoms with Crippen molar-refractivity contribution in [2.75, 3.05) is 12.3 Å². The lowest BCUT2D eigenvalue weighted by Gasteiger charge is -2.34. The Morgan fingerprint density at radius 1 is 1.12 bits per heavy atom. The molecule has 1 aromatic rings. The summed E-state index contributed by atoms with van der Waals surface area (Å²) in [4.78, 5) is 40.8. The number of likely N-dealkylation sites (N-methyl/N-ethyl adjacent to an activating group) is 1. The number of thiol groups is 1. The first kappa shape index (κ1) is 27.0. The zero-order valence-corrected chi connectivity index (χ0v) is 21.4. The predicted molar refractivity (Wildman–Crippen MR) is 133 cm³/mol. The molecule has 184 valence electrons. The number of aryl methyl sites for hydroxylation is 1. The number of nitrogens with one attached hydrogen (secondary N) is 2. The average Bonchev–Trinajstić information content (AvgIpc) is 2.75. The molecule has 7 nitrogen and oxygen atoms in total. The molecule has 1 saturated carbocycles. The highest BCUT2D eigenvalue weighted by Crippen LogP contribution is 2.25. The first-order chi connectivity index (χ1) is 15.6. The maximum Gasteiger partial charge on any atom is 0.408 e. The SMILES string of the molecule is CCN(C(=O)C(CS)NC(=O)OC(C)(C)C)C(C(=O)NC1CCCCC1)c1ccc(C)cc1. The van der Waals surface area contributed by atoms with Gasteiger partial charge in [-0.05, 0) is 53.0 Å². The van der Waals surface area contributed by atoms with Crippen LogP contribution in [0.15, 0.2) is 24.3 Å². The highest BCUT2D eigenvalue weighted by Gasteiger charge is 2.35. The minimum atomic E-state index is -0.918. The van der Waals surface area contributed by atoms with E-state index in [0.29, 0.717) is 6.54 Å². The summed E-state index contributed by atoms with van der Waals surface area (Å²) in [5.41, 5.74) is 1.11. The Morgan fingerprint density at radius 3 is 2.24 bits per heavy atom. The average molecular weight is 478 g/mol. The van der Waals surface area contributed by atoms with E-state index in [-0.39, 0.29) is 23.6 Å². The smallest absolute Gasteiger partial charge is 0.408 e. The van der Waals surface area contributed by atoms with E-state index in [1.165, 1.54) is 11.3 Å². The van der Waals surface area contributed by atoms with Crippen molar-refractivity contribution in [3.8, 4) is 0 Å². The van der Waals surface area contributed by atoms with Crippen molar-refractivity contribution in [3.63, 3.8) is 0 Å². The number of hydrogen-bond donors (Lipinski definition) is 3. The minimum Gasteiger partial charge on any atom is -0.444 e. The lowest BCUT2D eigenvalue weighted by atomic mass is 9.94. The van der Waals surface area contributed by atoms with Crippen LogP contribution in [-0.2, 0) is 14.3 Å². The number of rotatable bonds is 8. The maximum atomic E-state index is 13.5. The third-order valence-corrected chi connectivity index (χ3v) is 6.07. The highest BCUT2D eigenvalue weighted by atomic mass is 32.1. The van der Waals surface area contributed by atoms with Crippen LogP contribution >= 0.6 is 12.6 Å². The summed E-state index contributed by atoms with van der Waals surface area (Å²) in [6.45, 7) is 9.37. The Balaban J connectivity index is 2.28. The third kappa shape index (κ3) is 8.25. The van der Waals surface area contributed by atoms with E-state index in [2.05, 4.69) is 23.3 Å². The van der Waals surface area contributed by atoms with Crippen LogP contribution in [0.2, 0.25) is 0 Å². The van der Waals surface area contributed by atoms with Gasteiger partial charge in [-0.3, -0.25) is 9.59 Å². The summed E-state index contributed by atoms with van der Waals surface area (Å²) in [6, 6.07) is 6.04. The number of benzene rings is 1. The molecule has 3 amide bonds.